The Kier molecular flexibility index (Phi) is 4.05. The minimum absolute atomic E-state index is 0.301. The average Bonchev–Trinajstić information content (AvgIpc) is 3.31. The van der Waals surface area contributed by atoms with Gasteiger partial charge in [0.15, 0.2) is 0 Å². The first-order valence-corrected chi connectivity index (χ1v) is 8.74. The van der Waals surface area contributed by atoms with Crippen molar-refractivity contribution in [1.82, 2.24) is 14.6 Å². The number of pyridine rings is 1. The minimum atomic E-state index is -3.35. The predicted octanol–water partition coefficient (Wildman–Crippen LogP) is 1.23. The first kappa shape index (κ1) is 14.0. The number of sulfonamides is 1. The Labute approximate surface area is 120 Å². The van der Waals surface area contributed by atoms with Crippen LogP contribution >= 0.6 is 0 Å². The molecule has 1 saturated heterocycles. The zero-order valence-electron chi connectivity index (χ0n) is 11.5. The Hall–Kier alpha value is -0.980. The third-order valence-corrected chi connectivity index (χ3v) is 6.00. The number of piperidine rings is 1. The Balaban J connectivity index is 1.57. The SMILES string of the molecule is O=S(=O)(c1cccnc1)N1CCC(CNC2CC2)CC1. The van der Waals surface area contributed by atoms with E-state index >= 15 is 0 Å². The Morgan fingerprint density at radius 1 is 1.25 bits per heavy atom. The molecule has 2 heterocycles. The van der Waals surface area contributed by atoms with E-state index in [1.807, 2.05) is 0 Å². The van der Waals surface area contributed by atoms with Crippen molar-refractivity contribution in [1.29, 1.82) is 0 Å². The van der Waals surface area contributed by atoms with Crippen molar-refractivity contribution in [2.75, 3.05) is 19.6 Å². The van der Waals surface area contributed by atoms with Crippen LogP contribution in [0.2, 0.25) is 0 Å². The van der Waals surface area contributed by atoms with Crippen molar-refractivity contribution in [2.24, 2.45) is 5.92 Å². The van der Waals surface area contributed by atoms with E-state index in [0.29, 0.717) is 23.9 Å². The summed E-state index contributed by atoms with van der Waals surface area (Å²) in [6, 6.07) is 4.01. The summed E-state index contributed by atoms with van der Waals surface area (Å²) in [6.07, 6.45) is 7.51. The quantitative estimate of drug-likeness (QED) is 0.887. The van der Waals surface area contributed by atoms with Crippen molar-refractivity contribution in [3.05, 3.63) is 24.5 Å². The standard InChI is InChI=1S/C14H21N3O2S/c18-20(19,14-2-1-7-15-11-14)17-8-5-12(6-9-17)10-16-13-3-4-13/h1-2,7,11-13,16H,3-6,8-10H2. The lowest BCUT2D eigenvalue weighted by Crippen LogP contribution is -2.41. The number of aromatic nitrogens is 1. The van der Waals surface area contributed by atoms with E-state index in [1.165, 1.54) is 19.0 Å². The topological polar surface area (TPSA) is 62.3 Å². The molecule has 1 N–H and O–H groups in total. The number of nitrogens with zero attached hydrogens (tertiary/aromatic N) is 2. The molecule has 110 valence electrons. The first-order chi connectivity index (χ1) is 9.66. The molecule has 1 aliphatic heterocycles. The predicted molar refractivity (Wildman–Crippen MR) is 76.7 cm³/mol. The molecule has 0 bridgehead atoms. The third-order valence-electron chi connectivity index (χ3n) is 4.12. The van der Waals surface area contributed by atoms with Crippen LogP contribution in [0.3, 0.4) is 0 Å². The number of hydrogen-bond donors (Lipinski definition) is 1. The molecule has 2 fully saturated rings. The molecule has 0 atom stereocenters. The zero-order chi connectivity index (χ0) is 14.0. The Morgan fingerprint density at radius 2 is 2.00 bits per heavy atom. The van der Waals surface area contributed by atoms with Gasteiger partial charge in [-0.05, 0) is 50.3 Å². The largest absolute Gasteiger partial charge is 0.314 e. The maximum Gasteiger partial charge on any atom is 0.244 e. The van der Waals surface area contributed by atoms with Gasteiger partial charge in [0.25, 0.3) is 0 Å². The fourth-order valence-corrected chi connectivity index (χ4v) is 4.06. The molecule has 0 spiro atoms. The summed E-state index contributed by atoms with van der Waals surface area (Å²) >= 11 is 0. The van der Waals surface area contributed by atoms with Crippen LogP contribution in [0.25, 0.3) is 0 Å². The van der Waals surface area contributed by atoms with Crippen molar-refractivity contribution >= 4 is 10.0 Å². The van der Waals surface area contributed by atoms with Crippen LogP contribution in [0.15, 0.2) is 29.4 Å². The summed E-state index contributed by atoms with van der Waals surface area (Å²) in [5.41, 5.74) is 0. The van der Waals surface area contributed by atoms with Crippen LogP contribution in [0.4, 0.5) is 0 Å². The Bertz CT molecular complexity index is 535. The molecular formula is C14H21N3O2S. The molecule has 0 radical (unpaired) electrons. The second-order valence-corrected chi connectivity index (χ2v) is 7.66. The monoisotopic (exact) mass is 295 g/mol. The summed E-state index contributed by atoms with van der Waals surface area (Å²) in [6.45, 7) is 2.27. The van der Waals surface area contributed by atoms with Crippen LogP contribution in [0.5, 0.6) is 0 Å². The first-order valence-electron chi connectivity index (χ1n) is 7.30. The lowest BCUT2D eigenvalue weighted by Gasteiger charge is -2.31. The second kappa shape index (κ2) is 5.79. The molecule has 3 rings (SSSR count). The number of hydrogen-bond acceptors (Lipinski definition) is 4. The summed E-state index contributed by atoms with van der Waals surface area (Å²) in [5, 5.41) is 3.53. The highest BCUT2D eigenvalue weighted by atomic mass is 32.2. The van der Waals surface area contributed by atoms with Gasteiger partial charge in [-0.2, -0.15) is 4.31 Å². The smallest absolute Gasteiger partial charge is 0.244 e. The van der Waals surface area contributed by atoms with Gasteiger partial charge in [0.2, 0.25) is 10.0 Å². The van der Waals surface area contributed by atoms with Crippen molar-refractivity contribution in [3.63, 3.8) is 0 Å². The molecule has 0 unspecified atom stereocenters. The van der Waals surface area contributed by atoms with Gasteiger partial charge >= 0.3 is 0 Å². The van der Waals surface area contributed by atoms with Crippen LogP contribution < -0.4 is 5.32 Å². The lowest BCUT2D eigenvalue weighted by atomic mass is 9.98. The molecule has 1 aromatic heterocycles. The second-order valence-electron chi connectivity index (χ2n) is 5.72. The normalized spacial score (nSPS) is 22.0. The molecule has 1 aromatic rings. The lowest BCUT2D eigenvalue weighted by molar-refractivity contribution is 0.267. The van der Waals surface area contributed by atoms with Crippen molar-refractivity contribution in [2.45, 2.75) is 36.6 Å². The summed E-state index contributed by atoms with van der Waals surface area (Å²) in [5.74, 6) is 0.607. The number of rotatable bonds is 5. The van der Waals surface area contributed by atoms with Gasteiger partial charge in [0.05, 0.1) is 0 Å². The number of nitrogens with one attached hydrogen (secondary N) is 1. The van der Waals surface area contributed by atoms with Gasteiger partial charge < -0.3 is 5.32 Å². The average molecular weight is 295 g/mol. The minimum Gasteiger partial charge on any atom is -0.314 e. The highest BCUT2D eigenvalue weighted by Crippen LogP contribution is 2.24. The van der Waals surface area contributed by atoms with Crippen molar-refractivity contribution < 1.29 is 8.42 Å². The van der Waals surface area contributed by atoms with E-state index in [2.05, 4.69) is 10.3 Å². The molecule has 6 heteroatoms. The summed E-state index contributed by atoms with van der Waals surface area (Å²) in [4.78, 5) is 4.20. The summed E-state index contributed by atoms with van der Waals surface area (Å²) in [7, 11) is -3.35. The molecular weight excluding hydrogens is 274 g/mol. The fourth-order valence-electron chi connectivity index (χ4n) is 2.62. The molecule has 2 aliphatic rings. The third kappa shape index (κ3) is 3.19. The molecule has 20 heavy (non-hydrogen) atoms. The highest BCUT2D eigenvalue weighted by Gasteiger charge is 2.30. The van der Waals surface area contributed by atoms with Gasteiger partial charge in [0.1, 0.15) is 4.90 Å². The van der Waals surface area contributed by atoms with Gasteiger partial charge in [-0.1, -0.05) is 0 Å². The van der Waals surface area contributed by atoms with Crippen LogP contribution in [-0.2, 0) is 10.0 Å². The van der Waals surface area contributed by atoms with Gasteiger partial charge in [-0.15, -0.1) is 0 Å². The van der Waals surface area contributed by atoms with Gasteiger partial charge in [-0.25, -0.2) is 8.42 Å². The molecule has 0 amide bonds. The van der Waals surface area contributed by atoms with Crippen LogP contribution in [0, 0.1) is 5.92 Å². The fraction of sp³-hybridized carbons (Fsp3) is 0.643. The van der Waals surface area contributed by atoms with E-state index in [0.717, 1.165) is 25.4 Å². The molecule has 1 aliphatic carbocycles. The highest BCUT2D eigenvalue weighted by molar-refractivity contribution is 7.89. The van der Waals surface area contributed by atoms with Gasteiger partial charge in [0, 0.05) is 31.5 Å². The molecule has 1 saturated carbocycles. The molecule has 5 nitrogen and oxygen atoms in total. The van der Waals surface area contributed by atoms with E-state index in [4.69, 9.17) is 0 Å². The molecule has 0 aromatic carbocycles. The van der Waals surface area contributed by atoms with E-state index in [9.17, 15) is 8.42 Å². The van der Waals surface area contributed by atoms with E-state index < -0.39 is 10.0 Å². The van der Waals surface area contributed by atoms with E-state index in [1.54, 1.807) is 22.6 Å². The van der Waals surface area contributed by atoms with Crippen molar-refractivity contribution in [3.8, 4) is 0 Å². The Morgan fingerprint density at radius 3 is 2.60 bits per heavy atom. The zero-order valence-corrected chi connectivity index (χ0v) is 12.3. The van der Waals surface area contributed by atoms with Crippen LogP contribution in [0.1, 0.15) is 25.7 Å². The van der Waals surface area contributed by atoms with Crippen LogP contribution in [-0.4, -0.2) is 43.4 Å². The van der Waals surface area contributed by atoms with Gasteiger partial charge in [-0.3, -0.25) is 4.98 Å². The summed E-state index contributed by atoms with van der Waals surface area (Å²) < 4.78 is 26.5. The maximum absolute atomic E-state index is 12.4. The van der Waals surface area contributed by atoms with E-state index in [-0.39, 0.29) is 0 Å². The maximum atomic E-state index is 12.4.